The van der Waals surface area contributed by atoms with Crippen LogP contribution < -0.4 is 5.32 Å². The molecule has 0 saturated heterocycles. The number of aromatic nitrogens is 4. The monoisotopic (exact) mass is 349 g/mol. The van der Waals surface area contributed by atoms with Crippen molar-refractivity contribution >= 4 is 17.6 Å². The molecule has 0 spiro atoms. The summed E-state index contributed by atoms with van der Waals surface area (Å²) < 4.78 is 0. The Balaban J connectivity index is 0.000000246. The second-order valence-electron chi connectivity index (χ2n) is 5.78. The number of carboxylic acids is 1. The summed E-state index contributed by atoms with van der Waals surface area (Å²) in [5.41, 5.74) is 1.94. The topological polar surface area (TPSA) is 124 Å². The second-order valence-corrected chi connectivity index (χ2v) is 5.78. The van der Waals surface area contributed by atoms with Crippen LogP contribution in [-0.4, -0.2) is 43.5 Å². The quantitative estimate of drug-likeness (QED) is 0.671. The number of nitrogens with one attached hydrogen (secondary N) is 2. The van der Waals surface area contributed by atoms with Gasteiger partial charge in [0, 0.05) is 30.6 Å². The second kappa shape index (κ2) is 11.1. The van der Waals surface area contributed by atoms with Crippen LogP contribution in [0.3, 0.4) is 0 Å². The van der Waals surface area contributed by atoms with Crippen molar-refractivity contribution in [2.45, 2.75) is 46.0 Å². The molecule has 0 atom stereocenters. The standard InChI is InChI=1S/C9H11N5.C7H12O2.CH4O/c1-6-3-8(11-5-10-6)12-9-4-7(2)13-14-9;8-7(9)6-4-2-1-3-5-6;1-2/h3-5H,1-2H3,(H2,10,11,12,13,14);6H,1-5H2,(H,8,9);2H,1H3. The molecule has 1 aliphatic carbocycles. The van der Waals surface area contributed by atoms with E-state index in [9.17, 15) is 4.79 Å². The zero-order valence-electron chi connectivity index (χ0n) is 15.0. The lowest BCUT2D eigenvalue weighted by atomic mass is 9.90. The van der Waals surface area contributed by atoms with Crippen LogP contribution in [0.4, 0.5) is 11.6 Å². The lowest BCUT2D eigenvalue weighted by molar-refractivity contribution is -0.142. The normalized spacial score (nSPS) is 13.8. The molecule has 2 aromatic heterocycles. The van der Waals surface area contributed by atoms with E-state index in [-0.39, 0.29) is 5.92 Å². The van der Waals surface area contributed by atoms with E-state index in [1.165, 1.54) is 12.7 Å². The van der Waals surface area contributed by atoms with Gasteiger partial charge in [0.1, 0.15) is 12.1 Å². The fourth-order valence-corrected chi connectivity index (χ4v) is 2.49. The Morgan fingerprint density at radius 2 is 1.80 bits per heavy atom. The van der Waals surface area contributed by atoms with Crippen LogP contribution in [0, 0.1) is 19.8 Å². The Bertz CT molecular complexity index is 639. The van der Waals surface area contributed by atoms with E-state index in [0.29, 0.717) is 0 Å². The van der Waals surface area contributed by atoms with Gasteiger partial charge >= 0.3 is 5.97 Å². The molecule has 0 unspecified atom stereocenters. The summed E-state index contributed by atoms with van der Waals surface area (Å²) in [5, 5.41) is 25.5. The smallest absolute Gasteiger partial charge is 0.306 e. The number of hydrogen-bond acceptors (Lipinski definition) is 6. The van der Waals surface area contributed by atoms with Gasteiger partial charge in [0.05, 0.1) is 5.92 Å². The molecular formula is C17H27N5O3. The average Bonchev–Trinajstić information content (AvgIpc) is 3.03. The zero-order valence-corrected chi connectivity index (χ0v) is 15.0. The maximum Gasteiger partial charge on any atom is 0.306 e. The third-order valence-electron chi connectivity index (χ3n) is 3.72. The number of carbonyl (C=O) groups is 1. The Morgan fingerprint density at radius 1 is 1.12 bits per heavy atom. The van der Waals surface area contributed by atoms with Crippen molar-refractivity contribution in [1.29, 1.82) is 0 Å². The molecule has 8 heteroatoms. The summed E-state index contributed by atoms with van der Waals surface area (Å²) in [6.07, 6.45) is 6.76. The largest absolute Gasteiger partial charge is 0.481 e. The molecular weight excluding hydrogens is 322 g/mol. The number of aliphatic hydroxyl groups excluding tert-OH is 1. The number of aromatic amines is 1. The summed E-state index contributed by atoms with van der Waals surface area (Å²) in [6.45, 7) is 3.87. The molecule has 138 valence electrons. The van der Waals surface area contributed by atoms with E-state index < -0.39 is 5.97 Å². The summed E-state index contributed by atoms with van der Waals surface area (Å²) in [4.78, 5) is 18.4. The minimum absolute atomic E-state index is 0.0289. The number of carboxylic acid groups (broad SMARTS) is 1. The van der Waals surface area contributed by atoms with Crippen LogP contribution in [-0.2, 0) is 4.79 Å². The number of anilines is 2. The van der Waals surface area contributed by atoms with Crippen molar-refractivity contribution in [1.82, 2.24) is 20.2 Å². The van der Waals surface area contributed by atoms with Crippen LogP contribution in [0.15, 0.2) is 18.5 Å². The van der Waals surface area contributed by atoms with Crippen molar-refractivity contribution in [2.24, 2.45) is 5.92 Å². The van der Waals surface area contributed by atoms with E-state index in [0.717, 1.165) is 55.8 Å². The Labute approximate surface area is 147 Å². The molecule has 3 rings (SSSR count). The molecule has 0 aliphatic heterocycles. The molecule has 1 saturated carbocycles. The SMILES string of the molecule is CO.Cc1cc(Nc2cc(C)[nH]n2)ncn1.O=C(O)C1CCCCC1. The predicted molar refractivity (Wildman–Crippen MR) is 95.7 cm³/mol. The van der Waals surface area contributed by atoms with Crippen molar-refractivity contribution in [3.8, 4) is 0 Å². The number of aliphatic hydroxyl groups is 1. The van der Waals surface area contributed by atoms with Crippen molar-refractivity contribution < 1.29 is 15.0 Å². The summed E-state index contributed by atoms with van der Waals surface area (Å²) in [5.74, 6) is 0.887. The number of hydrogen-bond donors (Lipinski definition) is 4. The summed E-state index contributed by atoms with van der Waals surface area (Å²) in [6, 6.07) is 3.78. The van der Waals surface area contributed by atoms with Gasteiger partial charge in [-0.25, -0.2) is 9.97 Å². The Hall–Kier alpha value is -2.48. The molecule has 2 aromatic rings. The predicted octanol–water partition coefficient (Wildman–Crippen LogP) is 2.82. The summed E-state index contributed by atoms with van der Waals surface area (Å²) in [7, 11) is 1.00. The van der Waals surface area contributed by atoms with Crippen LogP contribution in [0.2, 0.25) is 0 Å². The first-order chi connectivity index (χ1) is 12.0. The molecule has 8 nitrogen and oxygen atoms in total. The van der Waals surface area contributed by atoms with Crippen LogP contribution in [0.5, 0.6) is 0 Å². The molecule has 25 heavy (non-hydrogen) atoms. The highest BCUT2D eigenvalue weighted by molar-refractivity contribution is 5.69. The molecule has 4 N–H and O–H groups in total. The molecule has 0 aromatic carbocycles. The maximum atomic E-state index is 10.4. The lowest BCUT2D eigenvalue weighted by Crippen LogP contribution is -2.16. The van der Waals surface area contributed by atoms with Gasteiger partial charge in [0.15, 0.2) is 5.82 Å². The molecule has 0 bridgehead atoms. The number of nitrogens with zero attached hydrogens (tertiary/aromatic N) is 3. The molecule has 1 aliphatic rings. The number of aryl methyl sites for hydroxylation is 2. The van der Waals surface area contributed by atoms with Gasteiger partial charge in [0.25, 0.3) is 0 Å². The summed E-state index contributed by atoms with van der Waals surface area (Å²) >= 11 is 0. The number of aliphatic carboxylic acids is 1. The average molecular weight is 349 g/mol. The fourth-order valence-electron chi connectivity index (χ4n) is 2.49. The van der Waals surface area contributed by atoms with Gasteiger partial charge in [-0.15, -0.1) is 0 Å². The zero-order chi connectivity index (χ0) is 18.7. The van der Waals surface area contributed by atoms with Gasteiger partial charge < -0.3 is 15.5 Å². The molecule has 0 amide bonds. The highest BCUT2D eigenvalue weighted by atomic mass is 16.4. The van der Waals surface area contributed by atoms with Gasteiger partial charge in [0.2, 0.25) is 0 Å². The Morgan fingerprint density at radius 3 is 2.28 bits per heavy atom. The van der Waals surface area contributed by atoms with Crippen molar-refractivity contribution in [3.63, 3.8) is 0 Å². The van der Waals surface area contributed by atoms with E-state index in [1.54, 1.807) is 0 Å². The molecule has 2 heterocycles. The maximum absolute atomic E-state index is 10.4. The minimum Gasteiger partial charge on any atom is -0.481 e. The van der Waals surface area contributed by atoms with Gasteiger partial charge in [-0.05, 0) is 26.7 Å². The number of rotatable bonds is 3. The van der Waals surface area contributed by atoms with E-state index in [4.69, 9.17) is 10.2 Å². The third-order valence-corrected chi connectivity index (χ3v) is 3.72. The molecule has 0 radical (unpaired) electrons. The highest BCUT2D eigenvalue weighted by Gasteiger charge is 2.19. The van der Waals surface area contributed by atoms with Crippen molar-refractivity contribution in [2.75, 3.05) is 12.4 Å². The van der Waals surface area contributed by atoms with E-state index >= 15 is 0 Å². The first-order valence-corrected chi connectivity index (χ1v) is 8.30. The van der Waals surface area contributed by atoms with Gasteiger partial charge in [-0.1, -0.05) is 19.3 Å². The van der Waals surface area contributed by atoms with Crippen LogP contribution in [0.25, 0.3) is 0 Å². The molecule has 1 fully saturated rings. The third kappa shape index (κ3) is 7.75. The lowest BCUT2D eigenvalue weighted by Gasteiger charge is -2.16. The van der Waals surface area contributed by atoms with E-state index in [1.807, 2.05) is 26.0 Å². The Kier molecular flexibility index (Phi) is 9.16. The van der Waals surface area contributed by atoms with Gasteiger partial charge in [-0.3, -0.25) is 9.89 Å². The minimum atomic E-state index is -0.602. The van der Waals surface area contributed by atoms with Crippen LogP contribution >= 0.6 is 0 Å². The fraction of sp³-hybridized carbons (Fsp3) is 0.529. The number of H-pyrrole nitrogens is 1. The first kappa shape index (κ1) is 20.6. The first-order valence-electron chi connectivity index (χ1n) is 8.30. The van der Waals surface area contributed by atoms with Crippen molar-refractivity contribution in [3.05, 3.63) is 29.8 Å². The van der Waals surface area contributed by atoms with E-state index in [2.05, 4.69) is 25.5 Å². The van der Waals surface area contributed by atoms with Crippen LogP contribution in [0.1, 0.15) is 43.5 Å². The van der Waals surface area contributed by atoms with Gasteiger partial charge in [-0.2, -0.15) is 5.10 Å². The highest BCUT2D eigenvalue weighted by Crippen LogP contribution is 2.23.